The van der Waals surface area contributed by atoms with Gasteiger partial charge in [0.1, 0.15) is 5.60 Å². The van der Waals surface area contributed by atoms with Crippen LogP contribution in [0.4, 0.5) is 10.5 Å². The third kappa shape index (κ3) is 4.53. The van der Waals surface area contributed by atoms with E-state index in [1.165, 1.54) is 14.2 Å². The van der Waals surface area contributed by atoms with Crippen molar-refractivity contribution in [3.8, 4) is 11.5 Å². The lowest BCUT2D eigenvalue weighted by atomic mass is 9.84. The van der Waals surface area contributed by atoms with Crippen molar-refractivity contribution in [2.75, 3.05) is 19.5 Å². The summed E-state index contributed by atoms with van der Waals surface area (Å²) >= 11 is 0. The van der Waals surface area contributed by atoms with Gasteiger partial charge in [0.25, 0.3) is 0 Å². The van der Waals surface area contributed by atoms with Gasteiger partial charge in [0.05, 0.1) is 25.3 Å². The van der Waals surface area contributed by atoms with E-state index in [4.69, 9.17) is 14.2 Å². The molecule has 0 radical (unpaired) electrons. The van der Waals surface area contributed by atoms with Gasteiger partial charge < -0.3 is 19.3 Å². The average molecular weight is 339 g/mol. The van der Waals surface area contributed by atoms with Gasteiger partial charge in [-0.1, -0.05) is 0 Å². The Bertz CT molecular complexity index is 631. The van der Waals surface area contributed by atoms with Crippen LogP contribution in [0.25, 0.3) is 0 Å². The first-order chi connectivity index (χ1) is 10.9. The number of hydrogen-bond donors (Lipinski definition) is 2. The molecule has 2 N–H and O–H groups in total. The fourth-order valence-corrected chi connectivity index (χ4v) is 1.96. The molecular weight excluding hydrogens is 314 g/mol. The Labute approximate surface area is 141 Å². The van der Waals surface area contributed by atoms with Gasteiger partial charge in [0.15, 0.2) is 11.5 Å². The van der Waals surface area contributed by atoms with Crippen LogP contribution in [0.2, 0.25) is 0 Å². The van der Waals surface area contributed by atoms with Gasteiger partial charge in [0, 0.05) is 0 Å². The normalized spacial score (nSPS) is 11.6. The Kier molecular flexibility index (Phi) is 5.71. The molecule has 0 unspecified atom stereocenters. The second-order valence-electron chi connectivity index (χ2n) is 6.82. The number of aliphatic carboxylic acids is 1. The predicted octanol–water partition coefficient (Wildman–Crippen LogP) is 3.41. The quantitative estimate of drug-likeness (QED) is 0.854. The Hall–Kier alpha value is -2.44. The smallest absolute Gasteiger partial charge is 0.412 e. The van der Waals surface area contributed by atoms with E-state index in [0.29, 0.717) is 11.3 Å². The number of carbonyl (C=O) groups is 2. The lowest BCUT2D eigenvalue weighted by Crippen LogP contribution is -2.29. The minimum atomic E-state index is -1.18. The number of carbonyl (C=O) groups excluding carboxylic acids is 1. The first-order valence-corrected chi connectivity index (χ1v) is 7.42. The number of amides is 1. The summed E-state index contributed by atoms with van der Waals surface area (Å²) in [7, 11) is 2.87. The Balaban J connectivity index is 3.36. The van der Waals surface area contributed by atoms with Crippen molar-refractivity contribution in [3.05, 3.63) is 17.7 Å². The topological polar surface area (TPSA) is 94.1 Å². The van der Waals surface area contributed by atoms with Crippen molar-refractivity contribution in [1.82, 2.24) is 0 Å². The van der Waals surface area contributed by atoms with Crippen molar-refractivity contribution in [3.63, 3.8) is 0 Å². The summed E-state index contributed by atoms with van der Waals surface area (Å²) in [6.07, 6.45) is -0.673. The van der Waals surface area contributed by atoms with E-state index >= 15 is 0 Å². The van der Waals surface area contributed by atoms with Gasteiger partial charge in [0.2, 0.25) is 0 Å². The molecule has 0 aliphatic heterocycles. The third-order valence-corrected chi connectivity index (χ3v) is 3.37. The molecule has 1 aromatic carbocycles. The van der Waals surface area contributed by atoms with Crippen LogP contribution in [-0.2, 0) is 14.9 Å². The zero-order valence-corrected chi connectivity index (χ0v) is 15.1. The number of nitrogens with one attached hydrogen (secondary N) is 1. The number of carboxylic acid groups (broad SMARTS) is 1. The van der Waals surface area contributed by atoms with E-state index < -0.39 is 23.1 Å². The molecule has 0 heterocycles. The number of benzene rings is 1. The first kappa shape index (κ1) is 19.6. The number of ether oxygens (including phenoxy) is 3. The van der Waals surface area contributed by atoms with E-state index in [0.717, 1.165) is 0 Å². The molecule has 0 aliphatic rings. The molecule has 7 nitrogen and oxygen atoms in total. The molecule has 1 aromatic rings. The third-order valence-electron chi connectivity index (χ3n) is 3.37. The standard InChI is InChI=1S/C17H25NO6/c1-16(2,3)24-15(21)18-11-8-10(17(4,5)14(19)20)9-12(22-6)13(11)23-7/h8-9H,1-7H3,(H,18,21)(H,19,20). The van der Waals surface area contributed by atoms with Crippen molar-refractivity contribution >= 4 is 17.7 Å². The zero-order chi connectivity index (χ0) is 18.7. The maximum atomic E-state index is 12.0. The molecule has 1 amide bonds. The van der Waals surface area contributed by atoms with E-state index in [9.17, 15) is 14.7 Å². The molecule has 1 rings (SSSR count). The highest BCUT2D eigenvalue weighted by Gasteiger charge is 2.32. The molecule has 0 spiro atoms. The summed E-state index contributed by atoms with van der Waals surface area (Å²) < 4.78 is 15.8. The van der Waals surface area contributed by atoms with Gasteiger partial charge in [-0.25, -0.2) is 4.79 Å². The maximum Gasteiger partial charge on any atom is 0.412 e. The van der Waals surface area contributed by atoms with Crippen molar-refractivity contribution in [2.24, 2.45) is 0 Å². The van der Waals surface area contributed by atoms with Gasteiger partial charge in [-0.15, -0.1) is 0 Å². The van der Waals surface area contributed by atoms with Crippen LogP contribution < -0.4 is 14.8 Å². The number of hydrogen-bond acceptors (Lipinski definition) is 5. The van der Waals surface area contributed by atoms with E-state index in [1.54, 1.807) is 46.8 Å². The predicted molar refractivity (Wildman–Crippen MR) is 90.1 cm³/mol. The highest BCUT2D eigenvalue weighted by atomic mass is 16.6. The number of carboxylic acids is 1. The molecular formula is C17H25NO6. The van der Waals surface area contributed by atoms with Crippen LogP contribution in [0, 0.1) is 0 Å². The van der Waals surface area contributed by atoms with Crippen LogP contribution >= 0.6 is 0 Å². The first-order valence-electron chi connectivity index (χ1n) is 7.42. The summed E-state index contributed by atoms with van der Waals surface area (Å²) in [4.78, 5) is 23.6. The molecule has 0 atom stereocenters. The fourth-order valence-electron chi connectivity index (χ4n) is 1.96. The molecule has 0 fully saturated rings. The summed E-state index contributed by atoms with van der Waals surface area (Å²) in [5, 5.41) is 12.0. The maximum absolute atomic E-state index is 12.0. The van der Waals surface area contributed by atoms with Crippen molar-refractivity contribution in [2.45, 2.75) is 45.6 Å². The van der Waals surface area contributed by atoms with Gasteiger partial charge in [-0.3, -0.25) is 10.1 Å². The molecule has 24 heavy (non-hydrogen) atoms. The Morgan fingerprint density at radius 2 is 1.62 bits per heavy atom. The van der Waals surface area contributed by atoms with Crippen molar-refractivity contribution < 1.29 is 28.9 Å². The molecule has 134 valence electrons. The van der Waals surface area contributed by atoms with Crippen LogP contribution in [0.1, 0.15) is 40.2 Å². The molecule has 0 bridgehead atoms. The van der Waals surface area contributed by atoms with Crippen molar-refractivity contribution in [1.29, 1.82) is 0 Å². The van der Waals surface area contributed by atoms with Gasteiger partial charge in [-0.05, 0) is 52.3 Å². The minimum Gasteiger partial charge on any atom is -0.493 e. The second-order valence-corrected chi connectivity index (χ2v) is 6.82. The molecule has 7 heteroatoms. The lowest BCUT2D eigenvalue weighted by molar-refractivity contribution is -0.142. The average Bonchev–Trinajstić information content (AvgIpc) is 2.43. The van der Waals surface area contributed by atoms with Gasteiger partial charge in [-0.2, -0.15) is 0 Å². The highest BCUT2D eigenvalue weighted by Crippen LogP contribution is 2.40. The van der Waals surface area contributed by atoms with E-state index in [1.807, 2.05) is 0 Å². The number of methoxy groups -OCH3 is 2. The summed E-state index contributed by atoms with van der Waals surface area (Å²) in [6.45, 7) is 8.36. The SMILES string of the molecule is COc1cc(C(C)(C)C(=O)O)cc(NC(=O)OC(C)(C)C)c1OC. The molecule has 0 aliphatic carbocycles. The summed E-state index contributed by atoms with van der Waals surface area (Å²) in [6, 6.07) is 3.12. The minimum absolute atomic E-state index is 0.274. The largest absolute Gasteiger partial charge is 0.493 e. The zero-order valence-electron chi connectivity index (χ0n) is 15.1. The Morgan fingerprint density at radius 1 is 1.04 bits per heavy atom. The van der Waals surface area contributed by atoms with E-state index in [-0.39, 0.29) is 11.4 Å². The second kappa shape index (κ2) is 6.98. The highest BCUT2D eigenvalue weighted by molar-refractivity contribution is 5.89. The fraction of sp³-hybridized carbons (Fsp3) is 0.529. The lowest BCUT2D eigenvalue weighted by Gasteiger charge is -2.24. The Morgan fingerprint density at radius 3 is 2.04 bits per heavy atom. The molecule has 0 saturated heterocycles. The van der Waals surface area contributed by atoms with Crippen LogP contribution in [0.5, 0.6) is 11.5 Å². The number of anilines is 1. The van der Waals surface area contributed by atoms with Crippen LogP contribution in [0.3, 0.4) is 0 Å². The monoisotopic (exact) mass is 339 g/mol. The number of rotatable bonds is 5. The van der Waals surface area contributed by atoms with E-state index in [2.05, 4.69) is 5.32 Å². The van der Waals surface area contributed by atoms with Crippen LogP contribution in [0.15, 0.2) is 12.1 Å². The summed E-state index contributed by atoms with van der Waals surface area (Å²) in [5.74, 6) is -0.401. The summed E-state index contributed by atoms with van der Waals surface area (Å²) in [5.41, 5.74) is -1.11. The van der Waals surface area contributed by atoms with Crippen LogP contribution in [-0.4, -0.2) is 37.0 Å². The molecule has 0 aromatic heterocycles. The molecule has 0 saturated carbocycles. The van der Waals surface area contributed by atoms with Gasteiger partial charge >= 0.3 is 12.1 Å².